The third-order valence-electron chi connectivity index (χ3n) is 4.90. The Hall–Kier alpha value is -3.49. The van der Waals surface area contributed by atoms with Gasteiger partial charge in [-0.2, -0.15) is 0 Å². The first kappa shape index (κ1) is 17.9. The van der Waals surface area contributed by atoms with Crippen LogP contribution in [0.1, 0.15) is 29.0 Å². The molecule has 0 spiro atoms. The molecule has 4 rings (SSSR count). The van der Waals surface area contributed by atoms with E-state index in [-0.39, 0.29) is 17.2 Å². The van der Waals surface area contributed by atoms with Crippen molar-refractivity contribution in [1.29, 1.82) is 0 Å². The van der Waals surface area contributed by atoms with Gasteiger partial charge in [0.1, 0.15) is 11.5 Å². The first-order valence-electron chi connectivity index (χ1n) is 9.24. The molecule has 0 unspecified atom stereocenters. The fourth-order valence-electron chi connectivity index (χ4n) is 3.49. The van der Waals surface area contributed by atoms with Gasteiger partial charge in [0.15, 0.2) is 5.65 Å². The average Bonchev–Trinajstić information content (AvgIpc) is 3.38. The maximum absolute atomic E-state index is 12.5. The Balaban J connectivity index is 1.44. The summed E-state index contributed by atoms with van der Waals surface area (Å²) >= 11 is 0. The fourth-order valence-corrected chi connectivity index (χ4v) is 3.49. The number of aromatic nitrogens is 3. The van der Waals surface area contributed by atoms with Crippen LogP contribution in [0.5, 0.6) is 0 Å². The third-order valence-corrected chi connectivity index (χ3v) is 4.90. The number of hydrogen-bond donors (Lipinski definition) is 1. The van der Waals surface area contributed by atoms with E-state index < -0.39 is 4.92 Å². The number of amides is 1. The Morgan fingerprint density at radius 2 is 2.00 bits per heavy atom. The number of hydrogen-bond acceptors (Lipinski definition) is 6. The van der Waals surface area contributed by atoms with Gasteiger partial charge in [0, 0.05) is 43.9 Å². The molecular formula is C19H20N6O3. The lowest BCUT2D eigenvalue weighted by Gasteiger charge is -2.17. The first-order valence-corrected chi connectivity index (χ1v) is 9.24. The van der Waals surface area contributed by atoms with Gasteiger partial charge in [-0.15, -0.1) is 10.2 Å². The molecule has 0 radical (unpaired) electrons. The second-order valence-electron chi connectivity index (χ2n) is 6.71. The second-order valence-corrected chi connectivity index (χ2v) is 6.71. The molecule has 0 aliphatic carbocycles. The SMILES string of the molecule is O=C(NCCc1nnc2ccccn12)c1ccc(N2CCCC2)c([N+](=O)[O-])c1. The van der Waals surface area contributed by atoms with Crippen molar-refractivity contribution in [2.24, 2.45) is 0 Å². The lowest BCUT2D eigenvalue weighted by Crippen LogP contribution is -2.26. The van der Waals surface area contributed by atoms with Gasteiger partial charge >= 0.3 is 0 Å². The first-order chi connectivity index (χ1) is 13.6. The number of nitro benzene ring substituents is 1. The molecule has 3 heterocycles. The van der Waals surface area contributed by atoms with Crippen LogP contribution in [0.3, 0.4) is 0 Å². The standard InChI is InChI=1S/C19H20N6O3/c26-19(20-9-8-18-22-21-17-5-1-2-12-24(17)18)14-6-7-15(16(13-14)25(27)28)23-10-3-4-11-23/h1-2,5-7,12-13H,3-4,8-11H2,(H,20,26). The quantitative estimate of drug-likeness (QED) is 0.519. The van der Waals surface area contributed by atoms with E-state index in [0.29, 0.717) is 18.7 Å². The van der Waals surface area contributed by atoms with E-state index in [2.05, 4.69) is 15.5 Å². The number of nitrogens with one attached hydrogen (secondary N) is 1. The Morgan fingerprint density at radius 3 is 2.79 bits per heavy atom. The van der Waals surface area contributed by atoms with Crippen molar-refractivity contribution >= 4 is 22.9 Å². The number of nitro groups is 1. The normalized spacial score (nSPS) is 13.8. The van der Waals surface area contributed by atoms with Crippen LogP contribution in [0, 0.1) is 10.1 Å². The van der Waals surface area contributed by atoms with E-state index in [9.17, 15) is 14.9 Å². The molecule has 0 bridgehead atoms. The van der Waals surface area contributed by atoms with E-state index in [1.807, 2.05) is 33.7 Å². The summed E-state index contributed by atoms with van der Waals surface area (Å²) in [5, 5.41) is 22.5. The fraction of sp³-hybridized carbons (Fsp3) is 0.316. The molecule has 0 saturated carbocycles. The number of carbonyl (C=O) groups excluding carboxylic acids is 1. The van der Waals surface area contributed by atoms with Crippen LogP contribution in [0.2, 0.25) is 0 Å². The molecule has 1 aromatic carbocycles. The zero-order chi connectivity index (χ0) is 19.5. The molecule has 1 aliphatic heterocycles. The molecule has 1 aliphatic rings. The van der Waals surface area contributed by atoms with Gasteiger partial charge in [-0.1, -0.05) is 6.07 Å². The summed E-state index contributed by atoms with van der Waals surface area (Å²) in [6.07, 6.45) is 4.42. The minimum Gasteiger partial charge on any atom is -0.366 e. The zero-order valence-electron chi connectivity index (χ0n) is 15.2. The second kappa shape index (κ2) is 7.63. The minimum atomic E-state index is -0.424. The van der Waals surface area contributed by atoms with Crippen LogP contribution < -0.4 is 10.2 Å². The van der Waals surface area contributed by atoms with Crippen LogP contribution in [0.4, 0.5) is 11.4 Å². The highest BCUT2D eigenvalue weighted by molar-refractivity contribution is 5.95. The average molecular weight is 380 g/mol. The Kier molecular flexibility index (Phi) is 4.88. The van der Waals surface area contributed by atoms with E-state index in [4.69, 9.17) is 0 Å². The molecule has 3 aromatic rings. The van der Waals surface area contributed by atoms with Gasteiger partial charge < -0.3 is 10.2 Å². The van der Waals surface area contributed by atoms with Crippen molar-refractivity contribution in [3.8, 4) is 0 Å². The molecule has 28 heavy (non-hydrogen) atoms. The van der Waals surface area contributed by atoms with Crippen molar-refractivity contribution in [2.75, 3.05) is 24.5 Å². The molecule has 144 valence electrons. The minimum absolute atomic E-state index is 0.0296. The summed E-state index contributed by atoms with van der Waals surface area (Å²) in [7, 11) is 0. The number of nitrogens with zero attached hydrogens (tertiary/aromatic N) is 5. The summed E-state index contributed by atoms with van der Waals surface area (Å²) in [5.41, 5.74) is 1.57. The highest BCUT2D eigenvalue weighted by atomic mass is 16.6. The van der Waals surface area contributed by atoms with E-state index in [1.165, 1.54) is 6.07 Å². The third kappa shape index (κ3) is 3.51. The van der Waals surface area contributed by atoms with E-state index in [0.717, 1.165) is 37.4 Å². The maximum Gasteiger partial charge on any atom is 0.293 e. The highest BCUT2D eigenvalue weighted by Crippen LogP contribution is 2.31. The van der Waals surface area contributed by atoms with E-state index >= 15 is 0 Å². The maximum atomic E-state index is 12.5. The smallest absolute Gasteiger partial charge is 0.293 e. The lowest BCUT2D eigenvalue weighted by molar-refractivity contribution is -0.384. The number of benzene rings is 1. The summed E-state index contributed by atoms with van der Waals surface area (Å²) in [6.45, 7) is 1.97. The van der Waals surface area contributed by atoms with Gasteiger partial charge in [-0.3, -0.25) is 19.3 Å². The molecule has 1 fully saturated rings. The van der Waals surface area contributed by atoms with Crippen LogP contribution in [-0.2, 0) is 6.42 Å². The molecular weight excluding hydrogens is 360 g/mol. The van der Waals surface area contributed by atoms with Gasteiger partial charge in [0.2, 0.25) is 0 Å². The number of fused-ring (bicyclic) bond motifs is 1. The van der Waals surface area contributed by atoms with Crippen molar-refractivity contribution in [3.63, 3.8) is 0 Å². The monoisotopic (exact) mass is 380 g/mol. The Labute approximate surface area is 161 Å². The van der Waals surface area contributed by atoms with Crippen LogP contribution in [-0.4, -0.2) is 45.1 Å². The number of rotatable bonds is 6. The van der Waals surface area contributed by atoms with Gasteiger partial charge in [-0.05, 0) is 37.1 Å². The summed E-state index contributed by atoms with van der Waals surface area (Å²) in [5.74, 6) is 0.399. The van der Waals surface area contributed by atoms with Crippen molar-refractivity contribution in [3.05, 3.63) is 64.1 Å². The lowest BCUT2D eigenvalue weighted by atomic mass is 10.1. The summed E-state index contributed by atoms with van der Waals surface area (Å²) < 4.78 is 1.86. The predicted octanol–water partition coefficient (Wildman–Crippen LogP) is 2.21. The number of anilines is 1. The largest absolute Gasteiger partial charge is 0.366 e. The predicted molar refractivity (Wildman–Crippen MR) is 104 cm³/mol. The van der Waals surface area contributed by atoms with Gasteiger partial charge in [0.05, 0.1) is 4.92 Å². The number of pyridine rings is 1. The van der Waals surface area contributed by atoms with Crippen LogP contribution in [0.25, 0.3) is 5.65 Å². The van der Waals surface area contributed by atoms with Gasteiger partial charge in [-0.25, -0.2) is 0 Å². The zero-order valence-corrected chi connectivity index (χ0v) is 15.2. The number of carbonyl (C=O) groups is 1. The topological polar surface area (TPSA) is 106 Å². The van der Waals surface area contributed by atoms with Crippen molar-refractivity contribution < 1.29 is 9.72 Å². The summed E-state index contributed by atoms with van der Waals surface area (Å²) in [6, 6.07) is 10.3. The van der Waals surface area contributed by atoms with Gasteiger partial charge in [0.25, 0.3) is 11.6 Å². The van der Waals surface area contributed by atoms with Crippen LogP contribution in [0.15, 0.2) is 42.6 Å². The molecule has 9 heteroatoms. The Bertz CT molecular complexity index is 1030. The molecule has 1 amide bonds. The van der Waals surface area contributed by atoms with E-state index in [1.54, 1.807) is 12.1 Å². The summed E-state index contributed by atoms with van der Waals surface area (Å²) in [4.78, 5) is 25.5. The molecule has 2 aromatic heterocycles. The highest BCUT2D eigenvalue weighted by Gasteiger charge is 2.23. The molecule has 1 saturated heterocycles. The molecule has 9 nitrogen and oxygen atoms in total. The van der Waals surface area contributed by atoms with Crippen LogP contribution >= 0.6 is 0 Å². The van der Waals surface area contributed by atoms with Crippen molar-refractivity contribution in [2.45, 2.75) is 19.3 Å². The molecule has 1 N–H and O–H groups in total. The Morgan fingerprint density at radius 1 is 1.18 bits per heavy atom. The molecule has 0 atom stereocenters. The van der Waals surface area contributed by atoms with Crippen molar-refractivity contribution in [1.82, 2.24) is 19.9 Å².